The molecular weight excluding hydrogens is 314 g/mol. The van der Waals surface area contributed by atoms with Gasteiger partial charge in [0.25, 0.3) is 0 Å². The SMILES string of the molecule is CN(C)C(=O)CSc1nc(N)cc(N(C)Cc2cnn(C)c2)n1. The average Bonchev–Trinajstić information content (AvgIpc) is 2.89. The van der Waals surface area contributed by atoms with Crippen molar-refractivity contribution in [2.24, 2.45) is 7.05 Å². The molecule has 8 nitrogen and oxygen atoms in total. The number of rotatable bonds is 6. The molecule has 1 amide bonds. The Kier molecular flexibility index (Phi) is 5.43. The van der Waals surface area contributed by atoms with Crippen LogP contribution in [0, 0.1) is 0 Å². The van der Waals surface area contributed by atoms with E-state index < -0.39 is 0 Å². The van der Waals surface area contributed by atoms with Crippen LogP contribution in [0.15, 0.2) is 23.6 Å². The molecule has 2 rings (SSSR count). The van der Waals surface area contributed by atoms with E-state index in [1.807, 2.05) is 31.4 Å². The molecule has 0 fully saturated rings. The summed E-state index contributed by atoms with van der Waals surface area (Å²) in [4.78, 5) is 23.8. The van der Waals surface area contributed by atoms with Crippen molar-refractivity contribution < 1.29 is 4.79 Å². The van der Waals surface area contributed by atoms with Crippen LogP contribution < -0.4 is 10.6 Å². The third kappa shape index (κ3) is 4.85. The molecule has 0 saturated carbocycles. The number of carbonyl (C=O) groups is 1. The van der Waals surface area contributed by atoms with Crippen LogP contribution in [-0.2, 0) is 18.4 Å². The van der Waals surface area contributed by atoms with Crippen molar-refractivity contribution in [1.82, 2.24) is 24.6 Å². The first-order valence-electron chi connectivity index (χ1n) is 7.01. The van der Waals surface area contributed by atoms with Gasteiger partial charge in [-0.05, 0) is 0 Å². The number of thioether (sulfide) groups is 1. The molecule has 0 aliphatic carbocycles. The van der Waals surface area contributed by atoms with Crippen LogP contribution in [0.5, 0.6) is 0 Å². The fourth-order valence-corrected chi connectivity index (χ4v) is 2.69. The van der Waals surface area contributed by atoms with Crippen molar-refractivity contribution in [3.8, 4) is 0 Å². The van der Waals surface area contributed by atoms with E-state index in [1.54, 1.807) is 24.8 Å². The minimum atomic E-state index is 0.00582. The number of nitrogen functional groups attached to an aromatic ring is 1. The molecule has 0 aliphatic rings. The second-order valence-corrected chi connectivity index (χ2v) is 6.33. The van der Waals surface area contributed by atoms with E-state index in [0.29, 0.717) is 23.3 Å². The predicted octanol–water partition coefficient (Wildman–Crippen LogP) is 0.609. The zero-order valence-corrected chi connectivity index (χ0v) is 14.5. The van der Waals surface area contributed by atoms with Crippen LogP contribution in [0.4, 0.5) is 11.6 Å². The summed E-state index contributed by atoms with van der Waals surface area (Å²) in [6, 6.07) is 1.72. The molecule has 0 spiro atoms. The van der Waals surface area contributed by atoms with Crippen LogP contribution in [0.25, 0.3) is 0 Å². The highest BCUT2D eigenvalue weighted by atomic mass is 32.2. The van der Waals surface area contributed by atoms with Gasteiger partial charge >= 0.3 is 0 Å². The second kappa shape index (κ2) is 7.32. The third-order valence-electron chi connectivity index (χ3n) is 3.10. The van der Waals surface area contributed by atoms with Gasteiger partial charge in [0.1, 0.15) is 11.6 Å². The number of amides is 1. The Morgan fingerprint density at radius 2 is 2.09 bits per heavy atom. The van der Waals surface area contributed by atoms with E-state index in [9.17, 15) is 4.79 Å². The molecule has 0 radical (unpaired) electrons. The lowest BCUT2D eigenvalue weighted by atomic mass is 10.3. The van der Waals surface area contributed by atoms with E-state index in [1.165, 1.54) is 16.7 Å². The second-order valence-electron chi connectivity index (χ2n) is 5.39. The lowest BCUT2D eigenvalue weighted by molar-refractivity contribution is -0.125. The number of nitrogens with zero attached hydrogens (tertiary/aromatic N) is 6. The molecule has 2 aromatic heterocycles. The van der Waals surface area contributed by atoms with Gasteiger partial charge in [-0.15, -0.1) is 0 Å². The fraction of sp³-hybridized carbons (Fsp3) is 0.429. The van der Waals surface area contributed by atoms with E-state index in [-0.39, 0.29) is 11.7 Å². The van der Waals surface area contributed by atoms with Gasteiger partial charge in [-0.1, -0.05) is 11.8 Å². The number of anilines is 2. The number of hydrogen-bond acceptors (Lipinski definition) is 7. The molecule has 124 valence electrons. The zero-order valence-electron chi connectivity index (χ0n) is 13.7. The Hall–Kier alpha value is -2.29. The monoisotopic (exact) mass is 335 g/mol. The van der Waals surface area contributed by atoms with Crippen molar-refractivity contribution in [1.29, 1.82) is 0 Å². The van der Waals surface area contributed by atoms with Crippen LogP contribution >= 0.6 is 11.8 Å². The summed E-state index contributed by atoms with van der Waals surface area (Å²) in [7, 11) is 7.24. The van der Waals surface area contributed by atoms with Crippen LogP contribution in [0.2, 0.25) is 0 Å². The van der Waals surface area contributed by atoms with E-state index in [0.717, 1.165) is 5.56 Å². The Morgan fingerprint density at radius 1 is 1.35 bits per heavy atom. The number of carbonyl (C=O) groups excluding carboxylic acids is 1. The molecule has 2 heterocycles. The smallest absolute Gasteiger partial charge is 0.232 e. The predicted molar refractivity (Wildman–Crippen MR) is 91.2 cm³/mol. The number of hydrogen-bond donors (Lipinski definition) is 1. The maximum Gasteiger partial charge on any atom is 0.232 e. The average molecular weight is 335 g/mol. The number of aromatic nitrogens is 4. The molecular formula is C14H21N7OS. The molecule has 0 saturated heterocycles. The molecule has 0 bridgehead atoms. The highest BCUT2D eigenvalue weighted by Gasteiger charge is 2.11. The first-order valence-corrected chi connectivity index (χ1v) is 8.00. The molecule has 9 heteroatoms. The molecule has 0 atom stereocenters. The van der Waals surface area contributed by atoms with Gasteiger partial charge in [-0.3, -0.25) is 9.48 Å². The summed E-state index contributed by atoms with van der Waals surface area (Å²) in [5, 5.41) is 4.64. The lowest BCUT2D eigenvalue weighted by Crippen LogP contribution is -2.23. The summed E-state index contributed by atoms with van der Waals surface area (Å²) in [5.74, 6) is 1.38. The van der Waals surface area contributed by atoms with Crippen molar-refractivity contribution in [3.63, 3.8) is 0 Å². The Morgan fingerprint density at radius 3 is 2.70 bits per heavy atom. The topological polar surface area (TPSA) is 93.2 Å². The molecule has 2 N–H and O–H groups in total. The van der Waals surface area contributed by atoms with E-state index >= 15 is 0 Å². The molecule has 0 aliphatic heterocycles. The molecule has 0 unspecified atom stereocenters. The number of nitrogens with two attached hydrogens (primary N) is 1. The normalized spacial score (nSPS) is 10.6. The van der Waals surface area contributed by atoms with Gasteiger partial charge in [0.05, 0.1) is 11.9 Å². The molecule has 2 aromatic rings. The van der Waals surface area contributed by atoms with Crippen LogP contribution in [0.3, 0.4) is 0 Å². The lowest BCUT2D eigenvalue weighted by Gasteiger charge is -2.18. The van der Waals surface area contributed by atoms with Crippen molar-refractivity contribution in [3.05, 3.63) is 24.0 Å². The first-order chi connectivity index (χ1) is 10.8. The van der Waals surface area contributed by atoms with Gasteiger partial charge < -0.3 is 15.5 Å². The maximum atomic E-state index is 11.7. The van der Waals surface area contributed by atoms with Gasteiger partial charge in [0.2, 0.25) is 5.91 Å². The summed E-state index contributed by atoms with van der Waals surface area (Å²) in [5.41, 5.74) is 6.93. The maximum absolute atomic E-state index is 11.7. The highest BCUT2D eigenvalue weighted by molar-refractivity contribution is 7.99. The van der Waals surface area contributed by atoms with Gasteiger partial charge in [-0.25, -0.2) is 9.97 Å². The summed E-state index contributed by atoms with van der Waals surface area (Å²) < 4.78 is 1.76. The fourth-order valence-electron chi connectivity index (χ4n) is 1.85. The minimum Gasteiger partial charge on any atom is -0.383 e. The Labute approximate surface area is 139 Å². The third-order valence-corrected chi connectivity index (χ3v) is 3.94. The summed E-state index contributed by atoms with van der Waals surface area (Å²) in [6.07, 6.45) is 3.76. The van der Waals surface area contributed by atoms with Crippen LogP contribution in [0.1, 0.15) is 5.56 Å². The largest absolute Gasteiger partial charge is 0.383 e. The van der Waals surface area contributed by atoms with Crippen molar-refractivity contribution in [2.45, 2.75) is 11.7 Å². The zero-order chi connectivity index (χ0) is 17.0. The summed E-state index contributed by atoms with van der Waals surface area (Å²) >= 11 is 1.28. The highest BCUT2D eigenvalue weighted by Crippen LogP contribution is 2.21. The number of aryl methyl sites for hydroxylation is 1. The van der Waals surface area contributed by atoms with Gasteiger partial charge in [0.15, 0.2) is 5.16 Å². The van der Waals surface area contributed by atoms with Gasteiger partial charge in [-0.2, -0.15) is 5.10 Å². The molecule has 0 aromatic carbocycles. The van der Waals surface area contributed by atoms with Crippen molar-refractivity contribution >= 4 is 29.3 Å². The minimum absolute atomic E-state index is 0.00582. The van der Waals surface area contributed by atoms with Crippen LogP contribution in [-0.4, -0.2) is 57.5 Å². The first kappa shape index (κ1) is 17.1. The Bertz CT molecular complexity index is 686. The molecule has 23 heavy (non-hydrogen) atoms. The van der Waals surface area contributed by atoms with E-state index in [4.69, 9.17) is 5.73 Å². The van der Waals surface area contributed by atoms with Crippen molar-refractivity contribution in [2.75, 3.05) is 37.5 Å². The standard InChI is InChI=1S/C14H21N7OS/c1-19(2)13(22)9-23-14-17-11(15)5-12(18-14)20(3)7-10-6-16-21(4)8-10/h5-6,8H,7,9H2,1-4H3,(H2,15,17,18). The quantitative estimate of drug-likeness (QED) is 0.610. The van der Waals surface area contributed by atoms with Gasteiger partial charge in [0, 0.05) is 52.6 Å². The Balaban J connectivity index is 2.08. The summed E-state index contributed by atoms with van der Waals surface area (Å²) in [6.45, 7) is 0.658. The van der Waals surface area contributed by atoms with E-state index in [2.05, 4.69) is 15.1 Å².